The van der Waals surface area contributed by atoms with E-state index in [0.29, 0.717) is 0 Å². The Labute approximate surface area is 425 Å². The van der Waals surface area contributed by atoms with E-state index in [0.717, 1.165) is 54.2 Å². The molecule has 0 N–H and O–H groups in total. The maximum absolute atomic E-state index is 7.46. The molecule has 0 radical (unpaired) electrons. The summed E-state index contributed by atoms with van der Waals surface area (Å²) in [5, 5.41) is 15.3. The largest absolute Gasteiger partial charge is 1.00 e. The molecule has 0 saturated heterocycles. The second kappa shape index (κ2) is 23.9. The van der Waals surface area contributed by atoms with Gasteiger partial charge in [0.05, 0.1) is 37.1 Å². The first-order valence-corrected chi connectivity index (χ1v) is 25.4. The van der Waals surface area contributed by atoms with Gasteiger partial charge in [0.1, 0.15) is 12.3 Å². The van der Waals surface area contributed by atoms with Crippen molar-refractivity contribution < 1.29 is 44.8 Å². The van der Waals surface area contributed by atoms with Crippen molar-refractivity contribution in [3.05, 3.63) is 252 Å². The van der Waals surface area contributed by atoms with Crippen molar-refractivity contribution in [2.45, 2.75) is 27.7 Å². The van der Waals surface area contributed by atoms with Crippen LogP contribution in [0.1, 0.15) is 33.4 Å². The molecule has 4 heteroatoms. The molecule has 0 unspecified atom stereocenters. The minimum atomic E-state index is -0.869. The van der Waals surface area contributed by atoms with Crippen LogP contribution in [0.3, 0.4) is 0 Å². The van der Waals surface area contributed by atoms with Gasteiger partial charge in [0, 0.05) is 0 Å². The summed E-state index contributed by atoms with van der Waals surface area (Å²) in [4.78, 5) is 0. The first-order chi connectivity index (χ1) is 31.4. The van der Waals surface area contributed by atoms with E-state index in [-0.39, 0.29) is 44.8 Å². The van der Waals surface area contributed by atoms with Crippen LogP contribution in [0.4, 0.5) is 0 Å². The first kappa shape index (κ1) is 50.1. The third kappa shape index (κ3) is 11.3. The van der Waals surface area contributed by atoms with E-state index in [9.17, 15) is 0 Å². The monoisotopic (exact) mass is 1070 g/mol. The van der Waals surface area contributed by atoms with Crippen LogP contribution in [0.25, 0.3) is 43.1 Å². The number of benzene rings is 10. The fourth-order valence-corrected chi connectivity index (χ4v) is 16.1. The minimum Gasteiger partial charge on any atom is -0.366 e. The van der Waals surface area contributed by atoms with E-state index in [1.165, 1.54) is 34.6 Å². The van der Waals surface area contributed by atoms with Crippen molar-refractivity contribution >= 4 is 80.2 Å². The number of rotatable bonds is 7. The molecule has 0 fully saturated rings. The molecule has 330 valence electrons. The minimum absolute atomic E-state index is 0. The van der Waals surface area contributed by atoms with Crippen molar-refractivity contribution in [1.29, 1.82) is 0 Å². The molecule has 10 aromatic rings. The molecule has 0 aliphatic rings. The van der Waals surface area contributed by atoms with E-state index >= 15 is 0 Å². The van der Waals surface area contributed by atoms with E-state index in [2.05, 4.69) is 173 Å². The molecule has 0 spiro atoms. The zero-order chi connectivity index (χ0) is 44.4. The van der Waals surface area contributed by atoms with Gasteiger partial charge < -0.3 is 12.8 Å². The fourth-order valence-electron chi connectivity index (χ4n) is 9.02. The fraction of sp³-hybridized carbons (Fsp3) is 0.0968. The Balaban J connectivity index is 0.000000177. The zero-order valence-electron chi connectivity index (χ0n) is 37.6. The van der Waals surface area contributed by atoms with Gasteiger partial charge in [0.2, 0.25) is 0 Å². The second-order valence-corrected chi connectivity index (χ2v) is 21.4. The molecule has 0 aliphatic heterocycles. The van der Waals surface area contributed by atoms with Crippen LogP contribution in [-0.2, 0) is 44.8 Å². The van der Waals surface area contributed by atoms with E-state index in [4.69, 9.17) is 12.8 Å². The normalized spacial score (nSPS) is 10.5. The molecule has 0 nitrogen and oxygen atoms in total. The number of hydrogen-bond acceptors (Lipinski definition) is 0. The quantitative estimate of drug-likeness (QED) is 0.0491. The molecule has 0 aromatic heterocycles. The van der Waals surface area contributed by atoms with Gasteiger partial charge in [0.25, 0.3) is 0 Å². The van der Waals surface area contributed by atoms with Crippen molar-refractivity contribution in [3.63, 3.8) is 0 Å². The summed E-state index contributed by atoms with van der Waals surface area (Å²) >= 11 is 0. The van der Waals surface area contributed by atoms with Gasteiger partial charge in [-0.3, -0.25) is 11.8 Å². The summed E-state index contributed by atoms with van der Waals surface area (Å²) in [6, 6.07) is 73.1. The van der Waals surface area contributed by atoms with Crippen molar-refractivity contribution in [2.75, 3.05) is 12.3 Å². The molecule has 0 saturated carbocycles. The van der Waals surface area contributed by atoms with Crippen LogP contribution in [0.15, 0.2) is 206 Å². The number of hydrogen-bond donors (Lipinski definition) is 0. The molecule has 10 aromatic carbocycles. The van der Waals surface area contributed by atoms with Gasteiger partial charge in [-0.05, 0) is 108 Å². The molecule has 0 bridgehead atoms. The third-order valence-electron chi connectivity index (χ3n) is 12.3. The van der Waals surface area contributed by atoms with Gasteiger partial charge in [0.15, 0.2) is 0 Å². The van der Waals surface area contributed by atoms with Crippen LogP contribution in [0.5, 0.6) is 0 Å². The summed E-state index contributed by atoms with van der Waals surface area (Å²) in [7, 11) is -1.74. The standard InChI is InChI=1S/C30H32P2.2C16H9.2Ag/c1-23-13-5-9-17-27(23)31(28-18-10-6-14-24(28)2)21-22-32(29-19-11-7-15-25(29)3)30-20-12-8-16-26(30)4;2*1-2-14-15-9-5-3-7-12(15)11-13-8-4-6-10-16(13)14;;/h5-20H,21-22H2,1-4H3;2*3-11H;;/q;2*-1;2*+1/p+2. The Morgan fingerprint density at radius 2 is 0.530 bits per heavy atom. The maximum Gasteiger partial charge on any atom is 1.00 e. The summed E-state index contributed by atoms with van der Waals surface area (Å²) in [5.41, 5.74) is 7.51. The van der Waals surface area contributed by atoms with Crippen molar-refractivity contribution in [3.8, 4) is 11.8 Å². The third-order valence-corrected chi connectivity index (χ3v) is 19.1. The van der Waals surface area contributed by atoms with E-state index in [1.54, 1.807) is 21.2 Å². The zero-order valence-corrected chi connectivity index (χ0v) is 42.6. The smallest absolute Gasteiger partial charge is 0.366 e. The predicted molar refractivity (Wildman–Crippen MR) is 285 cm³/mol. The predicted octanol–water partition coefficient (Wildman–Crippen LogP) is 13.8. The Kier molecular flexibility index (Phi) is 18.2. The van der Waals surface area contributed by atoms with Gasteiger partial charge >= 0.3 is 44.8 Å². The van der Waals surface area contributed by atoms with Crippen molar-refractivity contribution in [1.82, 2.24) is 0 Å². The first-order valence-electron chi connectivity index (χ1n) is 22.0. The molecular formula is C62H52Ag2P2+2. The molecule has 0 amide bonds. The SMILES string of the molecule is Cc1ccccc1[PH+](CC[PH+](c1ccccc1C)c1ccccc1C)c1ccccc1C.[Ag+].[Ag+].[C-]#Cc1c2ccccc2cc2ccccc12.[C-]#Cc1c2ccccc2cc2ccccc12. The van der Waals surface area contributed by atoms with Gasteiger partial charge in [-0.15, -0.1) is 11.1 Å². The molecule has 0 aliphatic carbocycles. The van der Waals surface area contributed by atoms with Crippen LogP contribution in [0.2, 0.25) is 0 Å². The Morgan fingerprint density at radius 3 is 0.758 bits per heavy atom. The summed E-state index contributed by atoms with van der Waals surface area (Å²) in [5.74, 6) is 5.13. The molecule has 0 atom stereocenters. The van der Waals surface area contributed by atoms with Crippen molar-refractivity contribution in [2.24, 2.45) is 0 Å². The molecular weight excluding hydrogens is 1020 g/mol. The summed E-state index contributed by atoms with van der Waals surface area (Å²) < 4.78 is 0. The van der Waals surface area contributed by atoms with Gasteiger partial charge in [-0.1, -0.05) is 191 Å². The number of fused-ring (bicyclic) bond motifs is 4. The van der Waals surface area contributed by atoms with Crippen LogP contribution in [-0.4, -0.2) is 12.3 Å². The summed E-state index contributed by atoms with van der Waals surface area (Å²) in [6.07, 6.45) is 17.4. The Hall–Kier alpha value is -5.30. The molecule has 10 rings (SSSR count). The Bertz CT molecular complexity index is 2910. The number of aryl methyl sites for hydroxylation is 4. The van der Waals surface area contributed by atoms with E-state index < -0.39 is 15.8 Å². The van der Waals surface area contributed by atoms with Crippen LogP contribution >= 0.6 is 15.8 Å². The average molecular weight is 1070 g/mol. The molecule has 66 heavy (non-hydrogen) atoms. The second-order valence-electron chi connectivity index (χ2n) is 16.4. The van der Waals surface area contributed by atoms with Crippen LogP contribution < -0.4 is 21.2 Å². The van der Waals surface area contributed by atoms with E-state index in [1.807, 2.05) is 72.8 Å². The maximum atomic E-state index is 7.46. The van der Waals surface area contributed by atoms with Gasteiger partial charge in [-0.25, -0.2) is 0 Å². The Morgan fingerprint density at radius 1 is 0.318 bits per heavy atom. The van der Waals surface area contributed by atoms with Crippen LogP contribution in [0, 0.1) is 52.4 Å². The summed E-state index contributed by atoms with van der Waals surface area (Å²) in [6.45, 7) is 9.14. The molecule has 0 heterocycles. The average Bonchev–Trinajstić information content (AvgIpc) is 3.33. The van der Waals surface area contributed by atoms with Gasteiger partial charge in [-0.2, -0.15) is 0 Å². The topological polar surface area (TPSA) is 0 Å².